The summed E-state index contributed by atoms with van der Waals surface area (Å²) in [5.41, 5.74) is 2.48. The Kier molecular flexibility index (Phi) is 8.63. The van der Waals surface area contributed by atoms with Crippen LogP contribution in [0.15, 0.2) is 72.6 Å². The number of carbonyl (C=O) groups excluding carboxylic acids is 2. The summed E-state index contributed by atoms with van der Waals surface area (Å²) < 4.78 is 13.3. The molecule has 0 radical (unpaired) electrons. The number of anilines is 1. The van der Waals surface area contributed by atoms with Gasteiger partial charge >= 0.3 is 6.03 Å². The van der Waals surface area contributed by atoms with Gasteiger partial charge in [-0.25, -0.2) is 9.18 Å². The number of nitrogens with one attached hydrogen (secondary N) is 1. The van der Waals surface area contributed by atoms with Crippen molar-refractivity contribution in [3.8, 4) is 0 Å². The van der Waals surface area contributed by atoms with Crippen LogP contribution in [0.3, 0.4) is 0 Å². The van der Waals surface area contributed by atoms with Crippen LogP contribution in [0.2, 0.25) is 5.02 Å². The number of carbonyl (C=O) groups is 2. The molecular weight excluding hydrogens is 461 g/mol. The number of aryl methyl sites for hydroxylation is 1. The molecule has 0 unspecified atom stereocenters. The van der Waals surface area contributed by atoms with Gasteiger partial charge in [0.2, 0.25) is 5.91 Å². The minimum atomic E-state index is -0.417. The van der Waals surface area contributed by atoms with Crippen LogP contribution in [0.5, 0.6) is 0 Å². The Morgan fingerprint density at radius 3 is 2.36 bits per heavy atom. The number of rotatable bonds is 9. The SMILES string of the molecule is C=CCN(CC(=O)N(Cc1ccc(F)cc1)Cc1sccc1C)C(=O)Nc1ccc(Cl)cc1. The number of halogens is 2. The van der Waals surface area contributed by atoms with E-state index in [-0.39, 0.29) is 24.8 Å². The van der Waals surface area contributed by atoms with E-state index in [0.717, 1.165) is 16.0 Å². The summed E-state index contributed by atoms with van der Waals surface area (Å²) in [6.07, 6.45) is 1.57. The molecule has 0 spiro atoms. The van der Waals surface area contributed by atoms with Gasteiger partial charge in [-0.1, -0.05) is 29.8 Å². The number of thiophene rings is 1. The van der Waals surface area contributed by atoms with E-state index in [1.54, 1.807) is 58.7 Å². The maximum absolute atomic E-state index is 13.3. The smallest absolute Gasteiger partial charge is 0.322 e. The molecule has 1 aromatic heterocycles. The van der Waals surface area contributed by atoms with Gasteiger partial charge in [-0.05, 0) is 65.9 Å². The molecule has 0 aliphatic heterocycles. The van der Waals surface area contributed by atoms with Gasteiger partial charge < -0.3 is 15.1 Å². The number of benzene rings is 2. The molecule has 1 N–H and O–H groups in total. The van der Waals surface area contributed by atoms with Crippen LogP contribution in [0.4, 0.5) is 14.9 Å². The van der Waals surface area contributed by atoms with Gasteiger partial charge in [0.05, 0.1) is 6.54 Å². The lowest BCUT2D eigenvalue weighted by Gasteiger charge is -2.27. The van der Waals surface area contributed by atoms with Crippen molar-refractivity contribution < 1.29 is 14.0 Å². The minimum Gasteiger partial charge on any atom is -0.332 e. The van der Waals surface area contributed by atoms with Crippen LogP contribution < -0.4 is 5.32 Å². The molecule has 0 saturated heterocycles. The molecule has 3 rings (SSSR count). The molecule has 0 aliphatic rings. The van der Waals surface area contributed by atoms with E-state index in [0.29, 0.717) is 23.8 Å². The van der Waals surface area contributed by atoms with E-state index in [9.17, 15) is 14.0 Å². The molecule has 0 aliphatic carbocycles. The highest BCUT2D eigenvalue weighted by Gasteiger charge is 2.22. The summed E-state index contributed by atoms with van der Waals surface area (Å²) in [6.45, 7) is 6.48. The highest BCUT2D eigenvalue weighted by atomic mass is 35.5. The Labute approximate surface area is 202 Å². The molecule has 0 saturated carbocycles. The molecule has 0 fully saturated rings. The summed E-state index contributed by atoms with van der Waals surface area (Å²) in [5.74, 6) is -0.554. The second-order valence-corrected chi connectivity index (χ2v) is 8.95. The third kappa shape index (κ3) is 7.17. The van der Waals surface area contributed by atoms with Crippen LogP contribution in [0, 0.1) is 12.7 Å². The van der Waals surface area contributed by atoms with E-state index in [4.69, 9.17) is 11.6 Å². The van der Waals surface area contributed by atoms with E-state index in [1.165, 1.54) is 17.0 Å². The van der Waals surface area contributed by atoms with Gasteiger partial charge in [0.15, 0.2) is 0 Å². The van der Waals surface area contributed by atoms with Gasteiger partial charge in [0.1, 0.15) is 12.4 Å². The zero-order valence-electron chi connectivity index (χ0n) is 18.3. The molecule has 0 bridgehead atoms. The van der Waals surface area contributed by atoms with Crippen molar-refractivity contribution in [2.45, 2.75) is 20.0 Å². The predicted molar refractivity (Wildman–Crippen MR) is 132 cm³/mol. The topological polar surface area (TPSA) is 52.7 Å². The maximum Gasteiger partial charge on any atom is 0.322 e. The Bertz CT molecular complexity index is 1100. The van der Waals surface area contributed by atoms with Crippen LogP contribution in [-0.4, -0.2) is 34.8 Å². The van der Waals surface area contributed by atoms with E-state index >= 15 is 0 Å². The van der Waals surface area contributed by atoms with Crippen LogP contribution in [0.25, 0.3) is 0 Å². The molecular formula is C25H25ClFN3O2S. The van der Waals surface area contributed by atoms with Crippen molar-refractivity contribution >= 4 is 40.6 Å². The number of urea groups is 1. The second kappa shape index (κ2) is 11.6. The minimum absolute atomic E-state index is 0.128. The molecule has 5 nitrogen and oxygen atoms in total. The lowest BCUT2D eigenvalue weighted by molar-refractivity contribution is -0.132. The Hall–Kier alpha value is -3.16. The summed E-state index contributed by atoms with van der Waals surface area (Å²) in [5, 5.41) is 5.32. The van der Waals surface area contributed by atoms with Gasteiger partial charge in [0.25, 0.3) is 0 Å². The summed E-state index contributed by atoms with van der Waals surface area (Å²) in [4.78, 5) is 30.3. The van der Waals surface area contributed by atoms with E-state index in [2.05, 4.69) is 11.9 Å². The molecule has 8 heteroatoms. The quantitative estimate of drug-likeness (QED) is 0.372. The Morgan fingerprint density at radius 2 is 1.76 bits per heavy atom. The first-order chi connectivity index (χ1) is 15.9. The van der Waals surface area contributed by atoms with Crippen molar-refractivity contribution in [3.63, 3.8) is 0 Å². The zero-order chi connectivity index (χ0) is 23.8. The van der Waals surface area contributed by atoms with Crippen LogP contribution in [-0.2, 0) is 17.9 Å². The maximum atomic E-state index is 13.3. The average molecular weight is 486 g/mol. The fourth-order valence-electron chi connectivity index (χ4n) is 3.16. The van der Waals surface area contributed by atoms with Gasteiger partial charge in [-0.3, -0.25) is 4.79 Å². The fourth-order valence-corrected chi connectivity index (χ4v) is 4.20. The van der Waals surface area contributed by atoms with Crippen LogP contribution >= 0.6 is 22.9 Å². The second-order valence-electron chi connectivity index (χ2n) is 7.51. The van der Waals surface area contributed by atoms with Crippen molar-refractivity contribution in [1.82, 2.24) is 9.80 Å². The number of hydrogen-bond acceptors (Lipinski definition) is 3. The van der Waals surface area contributed by atoms with Crippen molar-refractivity contribution in [3.05, 3.63) is 99.5 Å². The fraction of sp³-hybridized carbons (Fsp3) is 0.200. The van der Waals surface area contributed by atoms with Crippen molar-refractivity contribution in [1.29, 1.82) is 0 Å². The number of hydrogen-bond donors (Lipinski definition) is 1. The van der Waals surface area contributed by atoms with E-state index in [1.807, 2.05) is 18.4 Å². The van der Waals surface area contributed by atoms with Gasteiger partial charge in [-0.15, -0.1) is 17.9 Å². The highest BCUT2D eigenvalue weighted by Crippen LogP contribution is 2.20. The third-order valence-electron chi connectivity index (χ3n) is 5.00. The zero-order valence-corrected chi connectivity index (χ0v) is 19.8. The first-order valence-corrected chi connectivity index (χ1v) is 11.6. The highest BCUT2D eigenvalue weighted by molar-refractivity contribution is 7.10. The molecule has 1 heterocycles. The Morgan fingerprint density at radius 1 is 1.06 bits per heavy atom. The number of nitrogens with zero attached hydrogens (tertiary/aromatic N) is 2. The third-order valence-corrected chi connectivity index (χ3v) is 6.26. The summed E-state index contributed by atoms with van der Waals surface area (Å²) in [7, 11) is 0. The van der Waals surface area contributed by atoms with Crippen LogP contribution in [0.1, 0.15) is 16.0 Å². The van der Waals surface area contributed by atoms with Crippen molar-refractivity contribution in [2.75, 3.05) is 18.4 Å². The summed E-state index contributed by atoms with van der Waals surface area (Å²) in [6, 6.07) is 14.4. The molecule has 0 atom stereocenters. The first kappa shape index (κ1) is 24.5. The molecule has 33 heavy (non-hydrogen) atoms. The van der Waals surface area contributed by atoms with Gasteiger partial charge in [0, 0.05) is 28.7 Å². The monoisotopic (exact) mass is 485 g/mol. The Balaban J connectivity index is 1.75. The first-order valence-electron chi connectivity index (χ1n) is 10.3. The largest absolute Gasteiger partial charge is 0.332 e. The van der Waals surface area contributed by atoms with Crippen molar-refractivity contribution in [2.24, 2.45) is 0 Å². The summed E-state index contributed by atoms with van der Waals surface area (Å²) >= 11 is 7.48. The standard InChI is InChI=1S/C25H25ClFN3O2S/c1-3-13-29(25(32)28-22-10-6-20(26)7-11-22)17-24(31)30(16-23-18(2)12-14-33-23)15-19-4-8-21(27)9-5-19/h3-12,14H,1,13,15-17H2,2H3,(H,28,32). The lowest BCUT2D eigenvalue weighted by atomic mass is 10.2. The molecule has 172 valence electrons. The van der Waals surface area contributed by atoms with E-state index < -0.39 is 6.03 Å². The predicted octanol–water partition coefficient (Wildman–Crippen LogP) is 6.10. The molecule has 3 amide bonds. The molecule has 3 aromatic rings. The number of amides is 3. The average Bonchev–Trinajstić information content (AvgIpc) is 3.20. The lowest BCUT2D eigenvalue weighted by Crippen LogP contribution is -2.44. The molecule has 2 aromatic carbocycles. The normalized spacial score (nSPS) is 10.5. The van der Waals surface area contributed by atoms with Gasteiger partial charge in [-0.2, -0.15) is 0 Å².